The van der Waals surface area contributed by atoms with Gasteiger partial charge in [0.05, 0.1) is 5.60 Å². The minimum Gasteiger partial charge on any atom is -0.378 e. The number of ether oxygens (including phenoxy) is 1. The van der Waals surface area contributed by atoms with E-state index in [0.29, 0.717) is 5.54 Å². The third-order valence-electron chi connectivity index (χ3n) is 4.68. The Morgan fingerprint density at radius 1 is 1.12 bits per heavy atom. The number of hydrogen-bond donors (Lipinski definition) is 0. The molecule has 0 aromatic heterocycles. The van der Waals surface area contributed by atoms with Gasteiger partial charge in [0, 0.05) is 44.9 Å². The van der Waals surface area contributed by atoms with Gasteiger partial charge >= 0.3 is 0 Å². The summed E-state index contributed by atoms with van der Waals surface area (Å²) in [5, 5.41) is 0. The van der Waals surface area contributed by atoms with E-state index in [1.807, 2.05) is 7.11 Å². The number of hydrogen-bond acceptors (Lipinski definition) is 3. The van der Waals surface area contributed by atoms with Crippen LogP contribution in [0.1, 0.15) is 40.5 Å². The molecule has 100 valence electrons. The Balaban J connectivity index is 1.77. The molecule has 0 aromatic carbocycles. The van der Waals surface area contributed by atoms with E-state index in [1.165, 1.54) is 39.0 Å². The van der Waals surface area contributed by atoms with E-state index in [9.17, 15) is 0 Å². The molecule has 2 aliphatic heterocycles. The fraction of sp³-hybridized carbons (Fsp3) is 1.00. The van der Waals surface area contributed by atoms with Gasteiger partial charge < -0.3 is 4.74 Å². The van der Waals surface area contributed by atoms with Gasteiger partial charge in [-0.15, -0.1) is 0 Å². The molecule has 0 bridgehead atoms. The van der Waals surface area contributed by atoms with Crippen LogP contribution < -0.4 is 0 Å². The van der Waals surface area contributed by atoms with Gasteiger partial charge in [-0.05, 0) is 40.5 Å². The lowest BCUT2D eigenvalue weighted by Crippen LogP contribution is -2.66. The maximum atomic E-state index is 5.60. The van der Waals surface area contributed by atoms with Crippen molar-refractivity contribution in [1.29, 1.82) is 0 Å². The first-order valence-electron chi connectivity index (χ1n) is 6.88. The van der Waals surface area contributed by atoms with Gasteiger partial charge in [-0.1, -0.05) is 0 Å². The number of rotatable bonds is 2. The monoisotopic (exact) mass is 240 g/mol. The Bertz CT molecular complexity index is 258. The molecule has 0 aromatic rings. The van der Waals surface area contributed by atoms with Crippen LogP contribution in [0.2, 0.25) is 0 Å². The average Bonchev–Trinajstić information content (AvgIpc) is 2.17. The molecule has 2 aliphatic rings. The molecule has 0 unspecified atom stereocenters. The van der Waals surface area contributed by atoms with Crippen molar-refractivity contribution in [2.45, 2.75) is 57.7 Å². The average molecular weight is 240 g/mol. The van der Waals surface area contributed by atoms with E-state index < -0.39 is 0 Å². The van der Waals surface area contributed by atoms with Gasteiger partial charge in [0.2, 0.25) is 0 Å². The standard InChI is InChI=1S/C14H28N2O/c1-13(2,3)16-10-12(11-16)15-8-6-14(4,17-5)7-9-15/h12H,6-11H2,1-5H3. The lowest BCUT2D eigenvalue weighted by Gasteiger charge is -2.53. The summed E-state index contributed by atoms with van der Waals surface area (Å²) < 4.78 is 5.60. The first kappa shape index (κ1) is 13.3. The SMILES string of the molecule is COC1(C)CCN(C2CN(C(C)(C)C)C2)CC1. The molecule has 2 heterocycles. The van der Waals surface area contributed by atoms with Crippen molar-refractivity contribution in [2.24, 2.45) is 0 Å². The predicted octanol–water partition coefficient (Wildman–Crippen LogP) is 1.97. The highest BCUT2D eigenvalue weighted by Gasteiger charge is 2.40. The first-order valence-corrected chi connectivity index (χ1v) is 6.88. The lowest BCUT2D eigenvalue weighted by atomic mass is 9.90. The summed E-state index contributed by atoms with van der Waals surface area (Å²) in [4.78, 5) is 5.23. The third-order valence-corrected chi connectivity index (χ3v) is 4.68. The number of piperidine rings is 1. The van der Waals surface area contributed by atoms with Crippen LogP contribution in [0.4, 0.5) is 0 Å². The third kappa shape index (κ3) is 2.83. The fourth-order valence-corrected chi connectivity index (χ4v) is 2.80. The molecule has 0 atom stereocenters. The maximum absolute atomic E-state index is 5.60. The Labute approximate surface area is 106 Å². The van der Waals surface area contributed by atoms with Crippen molar-refractivity contribution < 1.29 is 4.74 Å². The van der Waals surface area contributed by atoms with Crippen molar-refractivity contribution >= 4 is 0 Å². The second-order valence-corrected chi connectivity index (χ2v) is 6.92. The van der Waals surface area contributed by atoms with Crippen LogP contribution in [0.15, 0.2) is 0 Å². The Morgan fingerprint density at radius 2 is 1.65 bits per heavy atom. The summed E-state index contributed by atoms with van der Waals surface area (Å²) in [6, 6.07) is 0.788. The highest BCUT2D eigenvalue weighted by atomic mass is 16.5. The second kappa shape index (κ2) is 4.52. The maximum Gasteiger partial charge on any atom is 0.0675 e. The predicted molar refractivity (Wildman–Crippen MR) is 71.3 cm³/mol. The fourth-order valence-electron chi connectivity index (χ4n) is 2.80. The summed E-state index contributed by atoms with van der Waals surface area (Å²) in [5.74, 6) is 0. The summed E-state index contributed by atoms with van der Waals surface area (Å²) in [6.45, 7) is 14.1. The van der Waals surface area contributed by atoms with Gasteiger partial charge in [0.25, 0.3) is 0 Å². The Hall–Kier alpha value is -0.120. The van der Waals surface area contributed by atoms with Crippen molar-refractivity contribution in [1.82, 2.24) is 9.80 Å². The van der Waals surface area contributed by atoms with Crippen LogP contribution in [0.5, 0.6) is 0 Å². The van der Waals surface area contributed by atoms with Crippen LogP contribution in [0, 0.1) is 0 Å². The molecule has 0 saturated carbocycles. The van der Waals surface area contributed by atoms with Crippen LogP contribution in [0.3, 0.4) is 0 Å². The molecule has 3 nitrogen and oxygen atoms in total. The molecule has 0 radical (unpaired) electrons. The summed E-state index contributed by atoms with van der Waals surface area (Å²) >= 11 is 0. The van der Waals surface area contributed by atoms with Gasteiger partial charge in [-0.2, -0.15) is 0 Å². The summed E-state index contributed by atoms with van der Waals surface area (Å²) in [5.41, 5.74) is 0.470. The topological polar surface area (TPSA) is 15.7 Å². The molecule has 0 N–H and O–H groups in total. The van der Waals surface area contributed by atoms with Crippen LogP contribution in [-0.4, -0.2) is 60.3 Å². The Morgan fingerprint density at radius 3 is 2.06 bits per heavy atom. The quantitative estimate of drug-likeness (QED) is 0.734. The molecular weight excluding hydrogens is 212 g/mol. The zero-order chi connectivity index (χ0) is 12.7. The minimum atomic E-state index is 0.129. The zero-order valence-electron chi connectivity index (χ0n) is 12.1. The first-order chi connectivity index (χ1) is 7.84. The van der Waals surface area contributed by atoms with Gasteiger partial charge in [-0.3, -0.25) is 9.80 Å². The van der Waals surface area contributed by atoms with E-state index in [4.69, 9.17) is 4.74 Å². The smallest absolute Gasteiger partial charge is 0.0675 e. The van der Waals surface area contributed by atoms with Gasteiger partial charge in [-0.25, -0.2) is 0 Å². The molecule has 0 spiro atoms. The largest absolute Gasteiger partial charge is 0.378 e. The number of nitrogens with zero attached hydrogens (tertiary/aromatic N) is 2. The molecule has 0 aliphatic carbocycles. The molecule has 17 heavy (non-hydrogen) atoms. The highest BCUT2D eigenvalue weighted by molar-refractivity contribution is 4.96. The zero-order valence-corrected chi connectivity index (χ0v) is 12.1. The Kier molecular flexibility index (Phi) is 3.54. The summed E-state index contributed by atoms with van der Waals surface area (Å²) in [7, 11) is 1.85. The van der Waals surface area contributed by atoms with Crippen LogP contribution in [0.25, 0.3) is 0 Å². The van der Waals surface area contributed by atoms with E-state index in [1.54, 1.807) is 0 Å². The van der Waals surface area contributed by atoms with Crippen molar-refractivity contribution in [3.63, 3.8) is 0 Å². The van der Waals surface area contributed by atoms with Crippen LogP contribution >= 0.6 is 0 Å². The van der Waals surface area contributed by atoms with E-state index >= 15 is 0 Å². The van der Waals surface area contributed by atoms with E-state index in [0.717, 1.165) is 6.04 Å². The molecule has 3 heteroatoms. The molecular formula is C14H28N2O. The number of methoxy groups -OCH3 is 1. The summed E-state index contributed by atoms with van der Waals surface area (Å²) in [6.07, 6.45) is 2.35. The minimum absolute atomic E-state index is 0.129. The number of likely N-dealkylation sites (tertiary alicyclic amines) is 2. The second-order valence-electron chi connectivity index (χ2n) is 6.92. The van der Waals surface area contributed by atoms with Crippen molar-refractivity contribution in [3.05, 3.63) is 0 Å². The van der Waals surface area contributed by atoms with E-state index in [-0.39, 0.29) is 5.60 Å². The van der Waals surface area contributed by atoms with Gasteiger partial charge in [0.15, 0.2) is 0 Å². The van der Waals surface area contributed by atoms with Gasteiger partial charge in [0.1, 0.15) is 0 Å². The molecule has 2 rings (SSSR count). The highest BCUT2D eigenvalue weighted by Crippen LogP contribution is 2.30. The molecule has 0 amide bonds. The van der Waals surface area contributed by atoms with E-state index in [2.05, 4.69) is 37.5 Å². The van der Waals surface area contributed by atoms with Crippen LogP contribution in [-0.2, 0) is 4.74 Å². The van der Waals surface area contributed by atoms with Crippen molar-refractivity contribution in [3.8, 4) is 0 Å². The lowest BCUT2D eigenvalue weighted by molar-refractivity contribution is -0.0807. The molecule has 2 saturated heterocycles. The normalized spacial score (nSPS) is 28.1. The molecule has 2 fully saturated rings. The van der Waals surface area contributed by atoms with Crippen molar-refractivity contribution in [2.75, 3.05) is 33.3 Å².